The number of ether oxygens (including phenoxy) is 1. The van der Waals surface area contributed by atoms with Crippen LogP contribution in [0.2, 0.25) is 0 Å². The lowest BCUT2D eigenvalue weighted by atomic mass is 10.1. The minimum Gasteiger partial charge on any atom is -0.375 e. The third kappa shape index (κ3) is 3.71. The van der Waals surface area contributed by atoms with Gasteiger partial charge in [0.1, 0.15) is 0 Å². The summed E-state index contributed by atoms with van der Waals surface area (Å²) >= 11 is 1.99. The van der Waals surface area contributed by atoms with Gasteiger partial charge >= 0.3 is 0 Å². The predicted octanol–water partition coefficient (Wildman–Crippen LogP) is 1.67. The van der Waals surface area contributed by atoms with Gasteiger partial charge in [-0.3, -0.25) is 0 Å². The number of rotatable bonds is 5. The van der Waals surface area contributed by atoms with E-state index in [0.29, 0.717) is 12.1 Å². The van der Waals surface area contributed by atoms with Crippen LogP contribution in [-0.2, 0) is 4.74 Å². The third-order valence-corrected chi connectivity index (χ3v) is 3.36. The van der Waals surface area contributed by atoms with Gasteiger partial charge in [0.05, 0.1) is 12.7 Å². The van der Waals surface area contributed by atoms with Crippen LogP contribution in [0.4, 0.5) is 0 Å². The molecule has 2 atom stereocenters. The molecule has 0 spiro atoms. The highest BCUT2D eigenvalue weighted by molar-refractivity contribution is 7.99. The van der Waals surface area contributed by atoms with Crippen LogP contribution in [0, 0.1) is 0 Å². The Morgan fingerprint density at radius 3 is 3.15 bits per heavy atom. The van der Waals surface area contributed by atoms with Gasteiger partial charge in [0.25, 0.3) is 0 Å². The van der Waals surface area contributed by atoms with E-state index >= 15 is 0 Å². The summed E-state index contributed by atoms with van der Waals surface area (Å²) in [5, 5.41) is 3.32. The molecule has 0 aromatic heterocycles. The Bertz CT molecular complexity index is 146. The fourth-order valence-electron chi connectivity index (χ4n) is 1.55. The minimum atomic E-state index is 0.392. The molecule has 13 heavy (non-hydrogen) atoms. The lowest BCUT2D eigenvalue weighted by Gasteiger charge is -2.29. The maximum absolute atomic E-state index is 5.71. The van der Waals surface area contributed by atoms with Crippen LogP contribution in [0.1, 0.15) is 12.8 Å². The average molecular weight is 201 g/mol. The maximum Gasteiger partial charge on any atom is 0.0818 e. The van der Waals surface area contributed by atoms with E-state index in [0.717, 1.165) is 31.0 Å². The molecule has 2 unspecified atom stereocenters. The van der Waals surface area contributed by atoms with Crippen LogP contribution >= 0.6 is 11.8 Å². The molecule has 2 nitrogen and oxygen atoms in total. The number of nitrogens with one attached hydrogen (secondary N) is 1. The fraction of sp³-hybridized carbons (Fsp3) is 0.800. The standard InChI is InChI=1S/C10H19NOS/c1-3-4-5-9(11-2)10-8-13-7-6-12-10/h3,9-11H,1,4-8H2,2H3. The van der Waals surface area contributed by atoms with Crippen molar-refractivity contribution in [1.82, 2.24) is 5.32 Å². The summed E-state index contributed by atoms with van der Waals surface area (Å²) < 4.78 is 5.71. The Kier molecular flexibility index (Phi) is 5.51. The molecule has 76 valence electrons. The molecule has 0 amide bonds. The highest BCUT2D eigenvalue weighted by Crippen LogP contribution is 2.17. The smallest absolute Gasteiger partial charge is 0.0818 e. The monoisotopic (exact) mass is 201 g/mol. The van der Waals surface area contributed by atoms with Crippen molar-refractivity contribution < 1.29 is 4.74 Å². The van der Waals surface area contributed by atoms with Gasteiger partial charge in [-0.1, -0.05) is 6.08 Å². The average Bonchev–Trinajstić information content (AvgIpc) is 2.21. The van der Waals surface area contributed by atoms with Gasteiger partial charge in [0.2, 0.25) is 0 Å². The van der Waals surface area contributed by atoms with Crippen LogP contribution in [0.5, 0.6) is 0 Å². The summed E-state index contributed by atoms with van der Waals surface area (Å²) in [5.41, 5.74) is 0. The largest absolute Gasteiger partial charge is 0.375 e. The van der Waals surface area contributed by atoms with Gasteiger partial charge in [-0.05, 0) is 19.9 Å². The Morgan fingerprint density at radius 1 is 1.77 bits per heavy atom. The summed E-state index contributed by atoms with van der Waals surface area (Å²) in [6.07, 6.45) is 4.56. The third-order valence-electron chi connectivity index (χ3n) is 2.34. The number of thioether (sulfide) groups is 1. The van der Waals surface area contributed by atoms with E-state index in [9.17, 15) is 0 Å². The molecule has 0 aromatic carbocycles. The molecule has 1 heterocycles. The van der Waals surface area contributed by atoms with Crippen LogP contribution < -0.4 is 5.32 Å². The molecule has 0 bridgehead atoms. The Labute approximate surface area is 85.1 Å². The van der Waals surface area contributed by atoms with E-state index < -0.39 is 0 Å². The summed E-state index contributed by atoms with van der Waals surface area (Å²) in [6.45, 7) is 4.64. The van der Waals surface area contributed by atoms with Gasteiger partial charge in [0, 0.05) is 17.5 Å². The summed E-state index contributed by atoms with van der Waals surface area (Å²) in [7, 11) is 2.01. The first-order valence-electron chi connectivity index (χ1n) is 4.86. The first-order chi connectivity index (χ1) is 6.38. The second kappa shape index (κ2) is 6.46. The van der Waals surface area contributed by atoms with Crippen molar-refractivity contribution in [2.75, 3.05) is 25.2 Å². The van der Waals surface area contributed by atoms with E-state index in [-0.39, 0.29) is 0 Å². The Morgan fingerprint density at radius 2 is 2.62 bits per heavy atom. The van der Waals surface area contributed by atoms with Crippen LogP contribution in [0.3, 0.4) is 0 Å². The SMILES string of the molecule is C=CCCC(NC)C1CSCCO1. The molecule has 3 heteroatoms. The van der Waals surface area contributed by atoms with E-state index in [1.807, 2.05) is 24.9 Å². The van der Waals surface area contributed by atoms with Gasteiger partial charge < -0.3 is 10.1 Å². The van der Waals surface area contributed by atoms with Crippen LogP contribution in [-0.4, -0.2) is 37.3 Å². The molecule has 1 saturated heterocycles. The molecule has 0 saturated carbocycles. The molecular weight excluding hydrogens is 182 g/mol. The highest BCUT2D eigenvalue weighted by atomic mass is 32.2. The first kappa shape index (κ1) is 11.1. The van der Waals surface area contributed by atoms with Crippen molar-refractivity contribution in [1.29, 1.82) is 0 Å². The van der Waals surface area contributed by atoms with Crippen LogP contribution in [0.15, 0.2) is 12.7 Å². The first-order valence-corrected chi connectivity index (χ1v) is 6.01. The van der Waals surface area contributed by atoms with Gasteiger partial charge in [-0.2, -0.15) is 11.8 Å². The lowest BCUT2D eigenvalue weighted by molar-refractivity contribution is 0.0471. The molecule has 1 aliphatic rings. The van der Waals surface area contributed by atoms with Gasteiger partial charge in [0.15, 0.2) is 0 Å². The summed E-state index contributed by atoms with van der Waals surface area (Å²) in [6, 6.07) is 0.491. The van der Waals surface area contributed by atoms with Crippen molar-refractivity contribution in [2.45, 2.75) is 25.0 Å². The topological polar surface area (TPSA) is 21.3 Å². The summed E-state index contributed by atoms with van der Waals surface area (Å²) in [5.74, 6) is 2.27. The van der Waals surface area contributed by atoms with E-state index in [2.05, 4.69) is 11.9 Å². The zero-order valence-corrected chi connectivity index (χ0v) is 9.11. The van der Waals surface area contributed by atoms with Crippen molar-refractivity contribution in [3.63, 3.8) is 0 Å². The normalized spacial score (nSPS) is 25.5. The zero-order chi connectivity index (χ0) is 9.52. The highest BCUT2D eigenvalue weighted by Gasteiger charge is 2.22. The van der Waals surface area contributed by atoms with Crippen molar-refractivity contribution in [3.05, 3.63) is 12.7 Å². The lowest BCUT2D eigenvalue weighted by Crippen LogP contribution is -2.43. The molecule has 0 radical (unpaired) electrons. The summed E-state index contributed by atoms with van der Waals surface area (Å²) in [4.78, 5) is 0. The van der Waals surface area contributed by atoms with Crippen molar-refractivity contribution in [2.24, 2.45) is 0 Å². The Hall–Kier alpha value is 0.01000. The number of hydrogen-bond donors (Lipinski definition) is 1. The number of hydrogen-bond acceptors (Lipinski definition) is 3. The zero-order valence-electron chi connectivity index (χ0n) is 8.29. The molecule has 1 aliphatic heterocycles. The second-order valence-electron chi connectivity index (χ2n) is 3.25. The van der Waals surface area contributed by atoms with Crippen molar-refractivity contribution in [3.8, 4) is 0 Å². The molecule has 1 rings (SSSR count). The molecule has 0 aromatic rings. The van der Waals surface area contributed by atoms with Gasteiger partial charge in [-0.15, -0.1) is 6.58 Å². The minimum absolute atomic E-state index is 0.392. The van der Waals surface area contributed by atoms with E-state index in [4.69, 9.17) is 4.74 Å². The molecule has 1 fully saturated rings. The van der Waals surface area contributed by atoms with E-state index in [1.165, 1.54) is 0 Å². The molecular formula is C10H19NOS. The van der Waals surface area contributed by atoms with Gasteiger partial charge in [-0.25, -0.2) is 0 Å². The van der Waals surface area contributed by atoms with Crippen LogP contribution in [0.25, 0.3) is 0 Å². The maximum atomic E-state index is 5.71. The number of likely N-dealkylation sites (N-methyl/N-ethyl adjacent to an activating group) is 1. The fourth-order valence-corrected chi connectivity index (χ4v) is 2.49. The van der Waals surface area contributed by atoms with E-state index in [1.54, 1.807) is 0 Å². The quantitative estimate of drug-likeness (QED) is 0.684. The predicted molar refractivity (Wildman–Crippen MR) is 59.3 cm³/mol. The number of allylic oxidation sites excluding steroid dienone is 1. The molecule has 1 N–H and O–H groups in total. The van der Waals surface area contributed by atoms with Crippen molar-refractivity contribution >= 4 is 11.8 Å². The second-order valence-corrected chi connectivity index (χ2v) is 4.40. The Balaban J connectivity index is 2.29. The molecule has 0 aliphatic carbocycles.